The number of H-pyrrole nitrogens is 1. The van der Waals surface area contributed by atoms with Crippen LogP contribution in [-0.4, -0.2) is 71.9 Å². The van der Waals surface area contributed by atoms with Crippen LogP contribution < -0.4 is 4.74 Å². The maximum Gasteiger partial charge on any atom is 0.273 e. The Kier molecular flexibility index (Phi) is 7.91. The highest BCUT2D eigenvalue weighted by Crippen LogP contribution is 2.43. The van der Waals surface area contributed by atoms with Gasteiger partial charge in [0.05, 0.1) is 31.6 Å². The summed E-state index contributed by atoms with van der Waals surface area (Å²) in [5.41, 5.74) is 5.70. The number of amides is 1. The number of rotatable bonds is 10. The molecule has 7 heteroatoms. The molecule has 0 spiro atoms. The Balaban J connectivity index is 1.41. The molecule has 1 unspecified atom stereocenters. The molecule has 196 valence electrons. The number of aromatic amines is 1. The monoisotopic (exact) mass is 502 g/mol. The van der Waals surface area contributed by atoms with E-state index < -0.39 is 0 Å². The smallest absolute Gasteiger partial charge is 0.273 e. The zero-order valence-corrected chi connectivity index (χ0v) is 22.2. The molecule has 37 heavy (non-hydrogen) atoms. The number of fused-ring (bicyclic) bond motifs is 1. The van der Waals surface area contributed by atoms with E-state index in [1.54, 1.807) is 0 Å². The van der Waals surface area contributed by atoms with Crippen molar-refractivity contribution in [2.75, 3.05) is 46.0 Å². The van der Waals surface area contributed by atoms with Gasteiger partial charge in [-0.25, -0.2) is 0 Å². The number of nitrogens with zero attached hydrogens (tertiary/aromatic N) is 3. The Bertz CT molecular complexity index is 1180. The number of benzene rings is 2. The summed E-state index contributed by atoms with van der Waals surface area (Å²) in [4.78, 5) is 18.1. The van der Waals surface area contributed by atoms with E-state index in [9.17, 15) is 4.79 Å². The molecule has 0 aliphatic carbocycles. The van der Waals surface area contributed by atoms with Gasteiger partial charge in [-0.2, -0.15) is 5.10 Å². The van der Waals surface area contributed by atoms with Gasteiger partial charge in [0.1, 0.15) is 11.4 Å². The van der Waals surface area contributed by atoms with Crippen LogP contribution in [0.25, 0.3) is 11.3 Å². The highest BCUT2D eigenvalue weighted by Gasteiger charge is 2.41. The molecule has 5 rings (SSSR count). The topological polar surface area (TPSA) is 70.7 Å². The zero-order chi connectivity index (χ0) is 25.8. The summed E-state index contributed by atoms with van der Waals surface area (Å²) in [7, 11) is 0. The molecule has 3 heterocycles. The molecule has 1 N–H and O–H groups in total. The van der Waals surface area contributed by atoms with Crippen molar-refractivity contribution in [1.29, 1.82) is 0 Å². The minimum Gasteiger partial charge on any atom is -0.494 e. The van der Waals surface area contributed by atoms with E-state index in [1.807, 2.05) is 17.0 Å². The van der Waals surface area contributed by atoms with E-state index in [4.69, 9.17) is 9.47 Å². The number of nitrogens with one attached hydrogen (secondary N) is 1. The summed E-state index contributed by atoms with van der Waals surface area (Å²) in [6.45, 7) is 12.3. The lowest BCUT2D eigenvalue weighted by Crippen LogP contribution is -2.38. The van der Waals surface area contributed by atoms with E-state index in [-0.39, 0.29) is 11.9 Å². The fraction of sp³-hybridized carbons (Fsp3) is 0.467. The highest BCUT2D eigenvalue weighted by atomic mass is 16.5. The van der Waals surface area contributed by atoms with Crippen molar-refractivity contribution in [2.24, 2.45) is 5.92 Å². The van der Waals surface area contributed by atoms with Crippen LogP contribution in [0.15, 0.2) is 48.5 Å². The van der Waals surface area contributed by atoms with E-state index in [1.165, 1.54) is 5.56 Å². The quantitative estimate of drug-likeness (QED) is 0.419. The minimum atomic E-state index is -0.188. The molecule has 0 bridgehead atoms. The normalized spacial score (nSPS) is 18.0. The van der Waals surface area contributed by atoms with Crippen LogP contribution in [0.4, 0.5) is 0 Å². The van der Waals surface area contributed by atoms with Gasteiger partial charge in [-0.05, 0) is 43.4 Å². The maximum absolute atomic E-state index is 13.6. The Morgan fingerprint density at radius 3 is 2.49 bits per heavy atom. The number of hydrogen-bond acceptors (Lipinski definition) is 5. The SMILES string of the molecule is Cc1ccc(-c2n[nH]c3c2C(c2ccc(OCCC(C)C)cc2)N(CCCN2CCOCC2)C3=O)cc1. The molecular weight excluding hydrogens is 464 g/mol. The van der Waals surface area contributed by atoms with Gasteiger partial charge < -0.3 is 14.4 Å². The van der Waals surface area contributed by atoms with Crippen molar-refractivity contribution in [2.45, 2.75) is 39.7 Å². The van der Waals surface area contributed by atoms with Crippen molar-refractivity contribution in [1.82, 2.24) is 20.0 Å². The predicted molar refractivity (Wildman–Crippen MR) is 145 cm³/mol. The third kappa shape index (κ3) is 5.73. The van der Waals surface area contributed by atoms with Crippen molar-refractivity contribution < 1.29 is 14.3 Å². The summed E-state index contributed by atoms with van der Waals surface area (Å²) in [6.07, 6.45) is 1.93. The summed E-state index contributed by atoms with van der Waals surface area (Å²) in [5.74, 6) is 1.48. The van der Waals surface area contributed by atoms with Crippen LogP contribution in [-0.2, 0) is 4.74 Å². The first-order chi connectivity index (χ1) is 18.0. The Morgan fingerprint density at radius 1 is 1.05 bits per heavy atom. The molecule has 0 radical (unpaired) electrons. The summed E-state index contributed by atoms with van der Waals surface area (Å²) in [6, 6.07) is 16.4. The number of morpholine rings is 1. The first kappa shape index (κ1) is 25.5. The van der Waals surface area contributed by atoms with E-state index in [0.29, 0.717) is 24.8 Å². The van der Waals surface area contributed by atoms with Crippen molar-refractivity contribution in [3.05, 3.63) is 70.9 Å². The van der Waals surface area contributed by atoms with E-state index >= 15 is 0 Å². The average molecular weight is 503 g/mol. The Morgan fingerprint density at radius 2 is 1.78 bits per heavy atom. The molecule has 7 nitrogen and oxygen atoms in total. The number of aromatic nitrogens is 2. The largest absolute Gasteiger partial charge is 0.494 e. The van der Waals surface area contributed by atoms with Gasteiger partial charge >= 0.3 is 0 Å². The number of ether oxygens (including phenoxy) is 2. The second-order valence-electron chi connectivity index (χ2n) is 10.5. The van der Waals surface area contributed by atoms with Crippen LogP contribution in [0.2, 0.25) is 0 Å². The number of carbonyl (C=O) groups is 1. The molecule has 2 aliphatic rings. The lowest BCUT2D eigenvalue weighted by molar-refractivity contribution is 0.0354. The second kappa shape index (κ2) is 11.5. The van der Waals surface area contributed by atoms with Crippen molar-refractivity contribution in [3.63, 3.8) is 0 Å². The molecule has 1 amide bonds. The van der Waals surface area contributed by atoms with Crippen LogP contribution in [0.5, 0.6) is 5.75 Å². The Hall–Kier alpha value is -3.16. The molecule has 1 atom stereocenters. The van der Waals surface area contributed by atoms with Crippen LogP contribution in [0.3, 0.4) is 0 Å². The molecular formula is C30H38N4O3. The van der Waals surface area contributed by atoms with E-state index in [0.717, 1.165) is 73.8 Å². The third-order valence-electron chi connectivity index (χ3n) is 7.33. The summed E-state index contributed by atoms with van der Waals surface area (Å²) < 4.78 is 11.4. The van der Waals surface area contributed by atoms with Crippen molar-refractivity contribution >= 4 is 5.91 Å². The lowest BCUT2D eigenvalue weighted by atomic mass is 9.95. The molecule has 0 saturated carbocycles. The van der Waals surface area contributed by atoms with Gasteiger partial charge in [0, 0.05) is 37.3 Å². The molecule has 1 saturated heterocycles. The van der Waals surface area contributed by atoms with Crippen LogP contribution in [0, 0.1) is 12.8 Å². The first-order valence-corrected chi connectivity index (χ1v) is 13.5. The second-order valence-corrected chi connectivity index (χ2v) is 10.5. The molecule has 1 fully saturated rings. The van der Waals surface area contributed by atoms with Gasteiger partial charge in [-0.1, -0.05) is 55.8 Å². The summed E-state index contributed by atoms with van der Waals surface area (Å²) >= 11 is 0. The minimum absolute atomic E-state index is 0.0186. The molecule has 2 aromatic carbocycles. The van der Waals surface area contributed by atoms with Gasteiger partial charge in [-0.15, -0.1) is 0 Å². The number of carbonyl (C=O) groups excluding carboxylic acids is 1. The van der Waals surface area contributed by atoms with Gasteiger partial charge in [0.15, 0.2) is 0 Å². The molecule has 2 aliphatic heterocycles. The van der Waals surface area contributed by atoms with Gasteiger partial charge in [-0.3, -0.25) is 14.8 Å². The van der Waals surface area contributed by atoms with Crippen molar-refractivity contribution in [3.8, 4) is 17.0 Å². The molecule has 1 aromatic heterocycles. The maximum atomic E-state index is 13.6. The zero-order valence-electron chi connectivity index (χ0n) is 22.2. The standard InChI is InChI=1S/C30H38N4O3/c1-21(2)13-18-37-25-11-9-24(10-12-25)29-26-27(23-7-5-22(3)6-8-23)31-32-28(26)30(35)34(29)15-4-14-33-16-19-36-20-17-33/h5-12,21,29H,4,13-20H2,1-3H3,(H,31,32). The Labute approximate surface area is 219 Å². The van der Waals surface area contributed by atoms with Gasteiger partial charge in [0.2, 0.25) is 0 Å². The predicted octanol–water partition coefficient (Wildman–Crippen LogP) is 5.08. The lowest BCUT2D eigenvalue weighted by Gasteiger charge is -2.29. The average Bonchev–Trinajstić information content (AvgIpc) is 3.44. The fourth-order valence-electron chi connectivity index (χ4n) is 5.15. The fourth-order valence-corrected chi connectivity index (χ4v) is 5.15. The highest BCUT2D eigenvalue weighted by molar-refractivity contribution is 6.00. The van der Waals surface area contributed by atoms with Crippen LogP contribution >= 0.6 is 0 Å². The first-order valence-electron chi connectivity index (χ1n) is 13.5. The molecule has 3 aromatic rings. The number of aryl methyl sites for hydroxylation is 1. The third-order valence-corrected chi connectivity index (χ3v) is 7.33. The summed E-state index contributed by atoms with van der Waals surface area (Å²) in [5, 5.41) is 7.68. The van der Waals surface area contributed by atoms with E-state index in [2.05, 4.69) is 72.3 Å². The number of hydrogen-bond donors (Lipinski definition) is 1. The van der Waals surface area contributed by atoms with Gasteiger partial charge in [0.25, 0.3) is 5.91 Å². The van der Waals surface area contributed by atoms with Crippen LogP contribution in [0.1, 0.15) is 59.9 Å².